The molecule has 1 aromatic rings. The quantitative estimate of drug-likeness (QED) is 0.862. The summed E-state index contributed by atoms with van der Waals surface area (Å²) < 4.78 is 0. The predicted molar refractivity (Wildman–Crippen MR) is 80.8 cm³/mol. The lowest BCUT2D eigenvalue weighted by Crippen LogP contribution is -2.58. The summed E-state index contributed by atoms with van der Waals surface area (Å²) in [5.74, 6) is 0.121. The van der Waals surface area contributed by atoms with Gasteiger partial charge in [0, 0.05) is 39.3 Å². The molecule has 1 unspecified atom stereocenters. The molecule has 2 heterocycles. The SMILES string of the molecule is CN1CCN(C(C(=O)N2CC(O)C2)c2ccccc2)CC1. The summed E-state index contributed by atoms with van der Waals surface area (Å²) in [4.78, 5) is 19.1. The Bertz CT molecular complexity index is 480. The third kappa shape index (κ3) is 3.10. The normalized spacial score (nSPS) is 22.9. The molecule has 5 heteroatoms. The van der Waals surface area contributed by atoms with Gasteiger partial charge in [-0.25, -0.2) is 0 Å². The van der Waals surface area contributed by atoms with Crippen molar-refractivity contribution in [3.05, 3.63) is 35.9 Å². The highest BCUT2D eigenvalue weighted by molar-refractivity contribution is 5.84. The summed E-state index contributed by atoms with van der Waals surface area (Å²) >= 11 is 0. The van der Waals surface area contributed by atoms with E-state index in [1.807, 2.05) is 30.3 Å². The maximum atomic E-state index is 12.8. The molecule has 1 atom stereocenters. The second-order valence-electron chi connectivity index (χ2n) is 6.05. The van der Waals surface area contributed by atoms with Gasteiger partial charge in [0.15, 0.2) is 0 Å². The molecule has 0 aromatic heterocycles. The Morgan fingerprint density at radius 2 is 1.76 bits per heavy atom. The first kappa shape index (κ1) is 14.5. The van der Waals surface area contributed by atoms with E-state index in [1.54, 1.807) is 4.90 Å². The van der Waals surface area contributed by atoms with E-state index in [0.29, 0.717) is 13.1 Å². The molecule has 2 aliphatic heterocycles. The minimum absolute atomic E-state index is 0.121. The maximum absolute atomic E-state index is 12.8. The Kier molecular flexibility index (Phi) is 4.24. The molecule has 1 aromatic carbocycles. The monoisotopic (exact) mass is 289 g/mol. The highest BCUT2D eigenvalue weighted by Gasteiger charge is 2.37. The highest BCUT2D eigenvalue weighted by atomic mass is 16.3. The molecular weight excluding hydrogens is 266 g/mol. The smallest absolute Gasteiger partial charge is 0.244 e. The van der Waals surface area contributed by atoms with Crippen molar-refractivity contribution >= 4 is 5.91 Å². The van der Waals surface area contributed by atoms with Gasteiger partial charge in [-0.05, 0) is 12.6 Å². The number of amides is 1. The molecule has 0 aliphatic carbocycles. The number of hydrogen-bond acceptors (Lipinski definition) is 4. The molecule has 0 saturated carbocycles. The second-order valence-corrected chi connectivity index (χ2v) is 6.05. The van der Waals surface area contributed by atoms with Gasteiger partial charge in [0.1, 0.15) is 6.04 Å². The van der Waals surface area contributed by atoms with Crippen molar-refractivity contribution in [1.29, 1.82) is 0 Å². The molecule has 1 N–H and O–H groups in total. The molecule has 2 aliphatic rings. The van der Waals surface area contributed by atoms with Crippen molar-refractivity contribution in [2.75, 3.05) is 46.3 Å². The Hall–Kier alpha value is -1.43. The van der Waals surface area contributed by atoms with Gasteiger partial charge in [-0.3, -0.25) is 9.69 Å². The minimum atomic E-state index is -0.349. The van der Waals surface area contributed by atoms with Crippen molar-refractivity contribution in [3.8, 4) is 0 Å². The Balaban J connectivity index is 1.79. The summed E-state index contributed by atoms with van der Waals surface area (Å²) in [6.07, 6.45) is -0.349. The van der Waals surface area contributed by atoms with E-state index in [-0.39, 0.29) is 18.1 Å². The van der Waals surface area contributed by atoms with Crippen LogP contribution in [0.5, 0.6) is 0 Å². The molecule has 0 radical (unpaired) electrons. The van der Waals surface area contributed by atoms with E-state index in [4.69, 9.17) is 0 Å². The van der Waals surface area contributed by atoms with Crippen LogP contribution in [0.25, 0.3) is 0 Å². The van der Waals surface area contributed by atoms with Crippen LogP contribution >= 0.6 is 0 Å². The van der Waals surface area contributed by atoms with Gasteiger partial charge >= 0.3 is 0 Å². The number of carbonyl (C=O) groups excluding carboxylic acids is 1. The van der Waals surface area contributed by atoms with E-state index < -0.39 is 0 Å². The van der Waals surface area contributed by atoms with Crippen LogP contribution in [-0.2, 0) is 4.79 Å². The predicted octanol–water partition coefficient (Wildman–Crippen LogP) is 0.178. The third-order valence-corrected chi connectivity index (χ3v) is 4.43. The number of hydrogen-bond donors (Lipinski definition) is 1. The van der Waals surface area contributed by atoms with Crippen molar-refractivity contribution in [2.24, 2.45) is 0 Å². The van der Waals surface area contributed by atoms with Gasteiger partial charge in [-0.1, -0.05) is 30.3 Å². The second kappa shape index (κ2) is 6.13. The van der Waals surface area contributed by atoms with Gasteiger partial charge in [0.2, 0.25) is 5.91 Å². The topological polar surface area (TPSA) is 47.0 Å². The van der Waals surface area contributed by atoms with Crippen LogP contribution in [0.3, 0.4) is 0 Å². The van der Waals surface area contributed by atoms with Crippen LogP contribution in [0.4, 0.5) is 0 Å². The Labute approximate surface area is 125 Å². The fraction of sp³-hybridized carbons (Fsp3) is 0.562. The van der Waals surface area contributed by atoms with E-state index >= 15 is 0 Å². The number of likely N-dealkylation sites (tertiary alicyclic amines) is 1. The summed E-state index contributed by atoms with van der Waals surface area (Å²) in [5, 5.41) is 9.45. The number of rotatable bonds is 3. The number of piperazine rings is 1. The lowest BCUT2D eigenvalue weighted by atomic mass is 10.0. The number of nitrogens with zero attached hydrogens (tertiary/aromatic N) is 3. The van der Waals surface area contributed by atoms with E-state index in [9.17, 15) is 9.90 Å². The molecular formula is C16H23N3O2. The van der Waals surface area contributed by atoms with E-state index in [0.717, 1.165) is 31.7 Å². The fourth-order valence-electron chi connectivity index (χ4n) is 3.03. The molecule has 3 rings (SSSR count). The van der Waals surface area contributed by atoms with Crippen LogP contribution in [-0.4, -0.2) is 78.1 Å². The van der Waals surface area contributed by atoms with Crippen molar-refractivity contribution in [3.63, 3.8) is 0 Å². The maximum Gasteiger partial charge on any atom is 0.244 e. The summed E-state index contributed by atoms with van der Waals surface area (Å²) in [6.45, 7) is 4.71. The average Bonchev–Trinajstić information content (AvgIpc) is 2.47. The lowest BCUT2D eigenvalue weighted by molar-refractivity contribution is -0.148. The summed E-state index contributed by atoms with van der Waals surface area (Å²) in [5.41, 5.74) is 1.05. The number of aliphatic hydroxyl groups is 1. The highest BCUT2D eigenvalue weighted by Crippen LogP contribution is 2.26. The zero-order valence-corrected chi connectivity index (χ0v) is 12.5. The molecule has 0 spiro atoms. The first-order chi connectivity index (χ1) is 10.1. The largest absolute Gasteiger partial charge is 0.389 e. The number of carbonyl (C=O) groups is 1. The zero-order valence-electron chi connectivity index (χ0n) is 12.5. The van der Waals surface area contributed by atoms with Crippen LogP contribution in [0, 0.1) is 0 Å². The fourth-order valence-corrected chi connectivity index (χ4v) is 3.03. The van der Waals surface area contributed by atoms with E-state index in [1.165, 1.54) is 0 Å². The number of aliphatic hydroxyl groups excluding tert-OH is 1. The molecule has 114 valence electrons. The molecule has 1 amide bonds. The van der Waals surface area contributed by atoms with Gasteiger partial charge in [-0.15, -0.1) is 0 Å². The molecule has 21 heavy (non-hydrogen) atoms. The van der Waals surface area contributed by atoms with Crippen LogP contribution < -0.4 is 0 Å². The lowest BCUT2D eigenvalue weighted by Gasteiger charge is -2.43. The first-order valence-electron chi connectivity index (χ1n) is 7.59. The third-order valence-electron chi connectivity index (χ3n) is 4.43. The van der Waals surface area contributed by atoms with Crippen molar-refractivity contribution in [2.45, 2.75) is 12.1 Å². The zero-order chi connectivity index (χ0) is 14.8. The van der Waals surface area contributed by atoms with E-state index in [2.05, 4.69) is 16.8 Å². The van der Waals surface area contributed by atoms with Gasteiger partial charge in [0.25, 0.3) is 0 Å². The Morgan fingerprint density at radius 1 is 1.14 bits per heavy atom. The van der Waals surface area contributed by atoms with Crippen LogP contribution in [0.1, 0.15) is 11.6 Å². The summed E-state index contributed by atoms with van der Waals surface area (Å²) in [7, 11) is 2.11. The van der Waals surface area contributed by atoms with Crippen molar-refractivity contribution < 1.29 is 9.90 Å². The Morgan fingerprint density at radius 3 is 2.33 bits per heavy atom. The first-order valence-corrected chi connectivity index (χ1v) is 7.59. The molecule has 0 bridgehead atoms. The number of benzene rings is 1. The number of likely N-dealkylation sites (N-methyl/N-ethyl adjacent to an activating group) is 1. The molecule has 2 fully saturated rings. The number of β-amino-alcohol motifs (C(OH)–C–C–N with tert-alkyl or cyclic N) is 1. The molecule has 2 saturated heterocycles. The van der Waals surface area contributed by atoms with Gasteiger partial charge in [0.05, 0.1) is 6.10 Å². The van der Waals surface area contributed by atoms with Crippen molar-refractivity contribution in [1.82, 2.24) is 14.7 Å². The summed E-state index contributed by atoms with van der Waals surface area (Å²) in [6, 6.07) is 9.77. The average molecular weight is 289 g/mol. The van der Waals surface area contributed by atoms with Crippen LogP contribution in [0.2, 0.25) is 0 Å². The van der Waals surface area contributed by atoms with Crippen LogP contribution in [0.15, 0.2) is 30.3 Å². The standard InChI is InChI=1S/C16H23N3O2/c1-17-7-9-18(10-8-17)15(13-5-3-2-4-6-13)16(21)19-11-14(20)12-19/h2-6,14-15,20H,7-12H2,1H3. The molecule has 5 nitrogen and oxygen atoms in total. The van der Waals surface area contributed by atoms with Gasteiger partial charge < -0.3 is 14.9 Å². The van der Waals surface area contributed by atoms with Gasteiger partial charge in [-0.2, -0.15) is 0 Å². The minimum Gasteiger partial charge on any atom is -0.389 e.